The smallest absolute Gasteiger partial charge is 0.155 e. The van der Waals surface area contributed by atoms with Gasteiger partial charge in [-0.3, -0.25) is 14.9 Å². The van der Waals surface area contributed by atoms with Crippen molar-refractivity contribution in [1.29, 1.82) is 0 Å². The van der Waals surface area contributed by atoms with Crippen molar-refractivity contribution in [3.63, 3.8) is 0 Å². The van der Waals surface area contributed by atoms with E-state index >= 15 is 0 Å². The van der Waals surface area contributed by atoms with E-state index in [1.165, 1.54) is 0 Å². The van der Waals surface area contributed by atoms with Gasteiger partial charge >= 0.3 is 0 Å². The molecule has 0 N–H and O–H groups in total. The molecule has 0 amide bonds. The summed E-state index contributed by atoms with van der Waals surface area (Å²) in [6.07, 6.45) is 3.61. The number of ether oxygens (including phenoxy) is 2. The summed E-state index contributed by atoms with van der Waals surface area (Å²) in [7, 11) is 0. The zero-order valence-corrected chi connectivity index (χ0v) is 17.5. The fourth-order valence-electron chi connectivity index (χ4n) is 4.44. The van der Waals surface area contributed by atoms with Gasteiger partial charge in [-0.25, -0.2) is 0 Å². The third kappa shape index (κ3) is 2.79. The number of para-hydroxylation sites is 1. The number of hydrogen-bond donors (Lipinski definition) is 0. The molecule has 5 aromatic rings. The molecule has 4 heterocycles. The predicted octanol–water partition coefficient (Wildman–Crippen LogP) is 7.49. The van der Waals surface area contributed by atoms with Gasteiger partial charge in [0.25, 0.3) is 0 Å². The van der Waals surface area contributed by atoms with Crippen LogP contribution in [0.15, 0.2) is 103 Å². The molecule has 0 radical (unpaired) electrons. The van der Waals surface area contributed by atoms with Crippen LogP contribution in [0.2, 0.25) is 0 Å². The first kappa shape index (κ1) is 18.0. The van der Waals surface area contributed by atoms with Gasteiger partial charge in [0, 0.05) is 23.5 Å². The predicted molar refractivity (Wildman–Crippen MR) is 128 cm³/mol. The third-order valence-electron chi connectivity index (χ3n) is 5.95. The molecule has 33 heavy (non-hydrogen) atoms. The van der Waals surface area contributed by atoms with Gasteiger partial charge in [-0.15, -0.1) is 0 Å². The van der Waals surface area contributed by atoms with Gasteiger partial charge < -0.3 is 9.47 Å². The highest BCUT2D eigenvalue weighted by molar-refractivity contribution is 5.95. The van der Waals surface area contributed by atoms with Crippen LogP contribution in [0, 0.1) is 0 Å². The molecule has 0 aliphatic carbocycles. The normalized spacial score (nSPS) is 12.7. The molecule has 3 aromatic carbocycles. The molecule has 0 saturated heterocycles. The summed E-state index contributed by atoms with van der Waals surface area (Å²) in [5.41, 5.74) is 6.65. The minimum atomic E-state index is 0.763. The lowest BCUT2D eigenvalue weighted by Crippen LogP contribution is -2.20. The minimum Gasteiger partial charge on any atom is -0.453 e. The van der Waals surface area contributed by atoms with Gasteiger partial charge in [0.15, 0.2) is 23.0 Å². The van der Waals surface area contributed by atoms with Gasteiger partial charge in [0.2, 0.25) is 0 Å². The zero-order chi connectivity index (χ0) is 21.8. The number of benzene rings is 3. The molecule has 0 unspecified atom stereocenters. The Bertz CT molecular complexity index is 1410. The molecule has 0 saturated carbocycles. The second-order valence-electron chi connectivity index (χ2n) is 7.94. The van der Waals surface area contributed by atoms with Crippen LogP contribution in [-0.4, -0.2) is 9.97 Å². The first-order chi connectivity index (χ1) is 16.3. The van der Waals surface area contributed by atoms with Crippen LogP contribution >= 0.6 is 0 Å². The number of fused-ring (bicyclic) bond motifs is 4. The number of nitrogens with zero attached hydrogens (tertiary/aromatic N) is 3. The largest absolute Gasteiger partial charge is 0.453 e. The Morgan fingerprint density at radius 1 is 0.515 bits per heavy atom. The van der Waals surface area contributed by atoms with E-state index in [1.807, 2.05) is 91.3 Å². The molecule has 7 rings (SSSR count). The zero-order valence-electron chi connectivity index (χ0n) is 17.5. The van der Waals surface area contributed by atoms with E-state index in [0.717, 1.165) is 62.6 Å². The van der Waals surface area contributed by atoms with Crippen LogP contribution in [0.1, 0.15) is 0 Å². The number of hydrogen-bond acceptors (Lipinski definition) is 5. The molecule has 2 aliphatic heterocycles. The number of rotatable bonds is 2. The van der Waals surface area contributed by atoms with Crippen molar-refractivity contribution in [2.45, 2.75) is 0 Å². The maximum absolute atomic E-state index is 6.29. The Hall–Kier alpha value is -4.64. The second-order valence-corrected chi connectivity index (χ2v) is 7.94. The lowest BCUT2D eigenvalue weighted by Gasteiger charge is -2.38. The maximum atomic E-state index is 6.29. The Morgan fingerprint density at radius 2 is 1.06 bits per heavy atom. The SMILES string of the molecule is c1ccc(-c2ccc3c(c2)N2c4cc(-c5ccccn5)ccc4Oc4cccc(c42)O3)nc1. The van der Waals surface area contributed by atoms with Crippen molar-refractivity contribution in [2.24, 2.45) is 0 Å². The van der Waals surface area contributed by atoms with Crippen molar-refractivity contribution in [2.75, 3.05) is 4.90 Å². The van der Waals surface area contributed by atoms with E-state index in [2.05, 4.69) is 27.0 Å². The van der Waals surface area contributed by atoms with Gasteiger partial charge in [0.05, 0.1) is 22.8 Å². The van der Waals surface area contributed by atoms with Crippen LogP contribution in [0.5, 0.6) is 23.0 Å². The number of anilines is 3. The van der Waals surface area contributed by atoms with Crippen molar-refractivity contribution < 1.29 is 9.47 Å². The average Bonchev–Trinajstić information content (AvgIpc) is 2.89. The highest BCUT2D eigenvalue weighted by Gasteiger charge is 2.35. The van der Waals surface area contributed by atoms with E-state index in [1.54, 1.807) is 0 Å². The monoisotopic (exact) mass is 427 g/mol. The number of aromatic nitrogens is 2. The molecule has 2 aromatic heterocycles. The molecule has 0 fully saturated rings. The summed E-state index contributed by atoms with van der Waals surface area (Å²) in [5, 5.41) is 0. The Balaban J connectivity index is 1.46. The van der Waals surface area contributed by atoms with E-state index in [0.29, 0.717) is 0 Å². The summed E-state index contributed by atoms with van der Waals surface area (Å²) in [6.45, 7) is 0. The lowest BCUT2D eigenvalue weighted by molar-refractivity contribution is 0.446. The van der Waals surface area contributed by atoms with Crippen molar-refractivity contribution in [3.05, 3.63) is 103 Å². The van der Waals surface area contributed by atoms with Crippen LogP contribution in [0.4, 0.5) is 17.1 Å². The topological polar surface area (TPSA) is 47.5 Å². The molecule has 5 nitrogen and oxygen atoms in total. The highest BCUT2D eigenvalue weighted by atomic mass is 16.5. The molecule has 156 valence electrons. The highest BCUT2D eigenvalue weighted by Crippen LogP contribution is 2.60. The Labute approximate surface area is 190 Å². The summed E-state index contributed by atoms with van der Waals surface area (Å²) < 4.78 is 12.6. The fourth-order valence-corrected chi connectivity index (χ4v) is 4.44. The van der Waals surface area contributed by atoms with Gasteiger partial charge in [0.1, 0.15) is 5.69 Å². The van der Waals surface area contributed by atoms with Crippen molar-refractivity contribution in [3.8, 4) is 45.5 Å². The van der Waals surface area contributed by atoms with Crippen LogP contribution in [0.3, 0.4) is 0 Å². The first-order valence-electron chi connectivity index (χ1n) is 10.7. The average molecular weight is 427 g/mol. The second kappa shape index (κ2) is 6.93. The van der Waals surface area contributed by atoms with Gasteiger partial charge in [-0.2, -0.15) is 0 Å². The maximum Gasteiger partial charge on any atom is 0.155 e. The quantitative estimate of drug-likeness (QED) is 0.286. The van der Waals surface area contributed by atoms with Crippen molar-refractivity contribution in [1.82, 2.24) is 9.97 Å². The lowest BCUT2D eigenvalue weighted by atomic mass is 10.0. The van der Waals surface area contributed by atoms with E-state index in [4.69, 9.17) is 9.47 Å². The first-order valence-corrected chi connectivity index (χ1v) is 10.7. The van der Waals surface area contributed by atoms with Crippen LogP contribution in [0.25, 0.3) is 22.5 Å². The number of pyridine rings is 2. The van der Waals surface area contributed by atoms with E-state index < -0.39 is 0 Å². The van der Waals surface area contributed by atoms with Crippen molar-refractivity contribution >= 4 is 17.1 Å². The van der Waals surface area contributed by atoms with E-state index in [9.17, 15) is 0 Å². The standard InChI is InChI=1S/C28H17N3O2/c1-3-14-29-20(6-1)18-10-12-24-22(16-18)31-23-17-19(21-7-2-4-15-30-21)11-13-25(23)33-27-9-5-8-26(32-24)28(27)31/h1-17H. The van der Waals surface area contributed by atoms with Gasteiger partial charge in [-0.1, -0.05) is 18.2 Å². The Morgan fingerprint density at radius 3 is 1.55 bits per heavy atom. The van der Waals surface area contributed by atoms with Crippen LogP contribution < -0.4 is 14.4 Å². The summed E-state index contributed by atoms with van der Waals surface area (Å²) >= 11 is 0. The molecule has 5 heteroatoms. The summed E-state index contributed by atoms with van der Waals surface area (Å²) in [6, 6.07) is 30.1. The van der Waals surface area contributed by atoms with Crippen LogP contribution in [-0.2, 0) is 0 Å². The summed E-state index contributed by atoms with van der Waals surface area (Å²) in [5.74, 6) is 3.10. The minimum absolute atomic E-state index is 0.763. The molecular formula is C28H17N3O2. The molecule has 0 spiro atoms. The summed E-state index contributed by atoms with van der Waals surface area (Å²) in [4.78, 5) is 11.3. The molecular weight excluding hydrogens is 410 g/mol. The fraction of sp³-hybridized carbons (Fsp3) is 0. The van der Waals surface area contributed by atoms with Gasteiger partial charge in [-0.05, 0) is 72.8 Å². The third-order valence-corrected chi connectivity index (χ3v) is 5.95. The van der Waals surface area contributed by atoms with E-state index in [-0.39, 0.29) is 0 Å². The Kier molecular flexibility index (Phi) is 3.78. The molecule has 0 atom stereocenters. The molecule has 2 aliphatic rings. The molecule has 0 bridgehead atoms.